The van der Waals surface area contributed by atoms with E-state index in [1.165, 1.54) is 0 Å². The number of anilines is 3. The lowest BCUT2D eigenvalue weighted by Gasteiger charge is -2.31. The number of nitrogens with zero attached hydrogens (tertiary/aromatic N) is 1. The van der Waals surface area contributed by atoms with Crippen molar-refractivity contribution >= 4 is 57.9 Å². The molecule has 0 unspecified atom stereocenters. The van der Waals surface area contributed by atoms with Gasteiger partial charge in [0.2, 0.25) is 0 Å². The van der Waals surface area contributed by atoms with Crippen molar-refractivity contribution in [2.45, 2.75) is 39.7 Å². The normalized spacial score (nSPS) is 11.8. The van der Waals surface area contributed by atoms with Crippen molar-refractivity contribution < 1.29 is 4.79 Å². The average molecular weight is 491 g/mol. The van der Waals surface area contributed by atoms with Crippen LogP contribution in [0.4, 0.5) is 21.9 Å². The molecule has 3 aromatic rings. The molecule has 0 aliphatic heterocycles. The fourth-order valence-electron chi connectivity index (χ4n) is 3.81. The zero-order valence-electron chi connectivity index (χ0n) is 18.3. The van der Waals surface area contributed by atoms with Gasteiger partial charge < -0.3 is 11.1 Å². The number of carbonyl (C=O) groups excluding carboxylic acids is 1. The van der Waals surface area contributed by atoms with Crippen molar-refractivity contribution in [3.63, 3.8) is 0 Å². The number of benzene rings is 3. The fourth-order valence-corrected chi connectivity index (χ4v) is 4.41. The Hall–Kier alpha value is -2.40. The number of hydrogen-bond acceptors (Lipinski definition) is 2. The van der Waals surface area contributed by atoms with Crippen molar-refractivity contribution in [1.82, 2.24) is 0 Å². The Bertz CT molecular complexity index is 1070. The summed E-state index contributed by atoms with van der Waals surface area (Å²) in [7, 11) is 0. The standard InChI is InChI=1S/C25H26Cl3N3O/c1-4-20-22(28)14-23(29)21(5-2)24(20)30-25(32)31(19-12-10-18(27)11-13-19)15(3)16-6-8-17(26)9-7-16/h6-15H,4-5,29H2,1-3H3,(H,30,32)/t15-/m0/s1. The monoisotopic (exact) mass is 489 g/mol. The number of carbonyl (C=O) groups is 1. The third-order valence-electron chi connectivity index (χ3n) is 5.52. The van der Waals surface area contributed by atoms with Crippen molar-refractivity contribution in [2.75, 3.05) is 16.0 Å². The number of nitrogens with two attached hydrogens (primary N) is 1. The zero-order chi connectivity index (χ0) is 23.4. The molecule has 0 heterocycles. The van der Waals surface area contributed by atoms with Gasteiger partial charge in [0.05, 0.1) is 11.7 Å². The highest BCUT2D eigenvalue weighted by atomic mass is 35.5. The minimum Gasteiger partial charge on any atom is -0.398 e. The van der Waals surface area contributed by atoms with Crippen LogP contribution in [0.5, 0.6) is 0 Å². The van der Waals surface area contributed by atoms with Crippen LogP contribution in [0.2, 0.25) is 15.1 Å². The second-order valence-electron chi connectivity index (χ2n) is 7.49. The molecule has 0 aromatic heterocycles. The SMILES string of the molecule is CCc1c(N)cc(Cl)c(CC)c1NC(=O)N(c1ccc(Cl)cc1)[C@@H](C)c1ccc(Cl)cc1. The van der Waals surface area contributed by atoms with Gasteiger partial charge in [-0.1, -0.05) is 60.8 Å². The van der Waals surface area contributed by atoms with Gasteiger partial charge in [-0.05, 0) is 78.9 Å². The molecule has 3 N–H and O–H groups in total. The molecule has 7 heteroatoms. The van der Waals surface area contributed by atoms with E-state index in [2.05, 4.69) is 5.32 Å². The van der Waals surface area contributed by atoms with E-state index in [1.807, 2.05) is 57.2 Å². The van der Waals surface area contributed by atoms with Crippen molar-refractivity contribution in [3.8, 4) is 0 Å². The number of amides is 2. The van der Waals surface area contributed by atoms with Crippen molar-refractivity contribution in [3.05, 3.63) is 86.4 Å². The molecule has 0 aliphatic carbocycles. The van der Waals surface area contributed by atoms with Crippen LogP contribution in [-0.2, 0) is 12.8 Å². The second-order valence-corrected chi connectivity index (χ2v) is 8.77. The van der Waals surface area contributed by atoms with Crippen LogP contribution in [0.15, 0.2) is 54.6 Å². The summed E-state index contributed by atoms with van der Waals surface area (Å²) in [4.78, 5) is 15.4. The van der Waals surface area contributed by atoms with E-state index in [0.29, 0.717) is 45.0 Å². The minimum absolute atomic E-state index is 0.278. The van der Waals surface area contributed by atoms with E-state index in [1.54, 1.807) is 23.1 Å². The highest BCUT2D eigenvalue weighted by Gasteiger charge is 2.26. The molecule has 0 fully saturated rings. The molecular formula is C25H26Cl3N3O. The van der Waals surface area contributed by atoms with Crippen LogP contribution in [0.25, 0.3) is 0 Å². The lowest BCUT2D eigenvalue weighted by molar-refractivity contribution is 0.255. The van der Waals surface area contributed by atoms with Crippen LogP contribution in [-0.4, -0.2) is 6.03 Å². The van der Waals surface area contributed by atoms with Crippen LogP contribution >= 0.6 is 34.8 Å². The van der Waals surface area contributed by atoms with Gasteiger partial charge in [-0.15, -0.1) is 0 Å². The molecule has 0 bridgehead atoms. The zero-order valence-corrected chi connectivity index (χ0v) is 20.5. The average Bonchev–Trinajstić information content (AvgIpc) is 2.76. The number of urea groups is 1. The van der Waals surface area contributed by atoms with Crippen molar-refractivity contribution in [1.29, 1.82) is 0 Å². The molecule has 3 aromatic carbocycles. The summed E-state index contributed by atoms with van der Waals surface area (Å²) >= 11 is 18.6. The van der Waals surface area contributed by atoms with Crippen LogP contribution in [0.1, 0.15) is 43.5 Å². The smallest absolute Gasteiger partial charge is 0.326 e. The van der Waals surface area contributed by atoms with Gasteiger partial charge in [-0.2, -0.15) is 0 Å². The molecular weight excluding hydrogens is 465 g/mol. The summed E-state index contributed by atoms with van der Waals surface area (Å²) < 4.78 is 0. The highest BCUT2D eigenvalue weighted by Crippen LogP contribution is 2.36. The van der Waals surface area contributed by atoms with E-state index in [0.717, 1.165) is 16.7 Å². The second kappa shape index (κ2) is 10.5. The Morgan fingerprint density at radius 3 is 2.00 bits per heavy atom. The Morgan fingerprint density at radius 1 is 0.938 bits per heavy atom. The van der Waals surface area contributed by atoms with Crippen molar-refractivity contribution in [2.24, 2.45) is 0 Å². The Balaban J connectivity index is 2.07. The first-order valence-corrected chi connectivity index (χ1v) is 11.6. The third-order valence-corrected chi connectivity index (χ3v) is 6.37. The molecule has 0 radical (unpaired) electrons. The maximum Gasteiger partial charge on any atom is 0.326 e. The summed E-state index contributed by atoms with van der Waals surface area (Å²) in [6.45, 7) is 5.97. The molecule has 4 nitrogen and oxygen atoms in total. The maximum atomic E-state index is 13.7. The molecule has 3 rings (SSSR count). The topological polar surface area (TPSA) is 58.4 Å². The quantitative estimate of drug-likeness (QED) is 0.342. The molecule has 2 amide bonds. The number of rotatable bonds is 6. The lowest BCUT2D eigenvalue weighted by Crippen LogP contribution is -2.37. The predicted octanol–water partition coefficient (Wildman–Crippen LogP) is 8.15. The minimum atomic E-state index is -0.291. The Morgan fingerprint density at radius 2 is 1.47 bits per heavy atom. The van der Waals surface area contributed by atoms with E-state index in [4.69, 9.17) is 40.5 Å². The van der Waals surface area contributed by atoms with Gasteiger partial charge in [-0.25, -0.2) is 4.79 Å². The number of halogens is 3. The van der Waals surface area contributed by atoms with E-state index in [-0.39, 0.29) is 12.1 Å². The van der Waals surface area contributed by atoms with Gasteiger partial charge in [0.1, 0.15) is 0 Å². The number of nitrogens with one attached hydrogen (secondary N) is 1. The molecule has 0 saturated heterocycles. The molecule has 0 spiro atoms. The van der Waals surface area contributed by atoms with E-state index >= 15 is 0 Å². The first-order chi connectivity index (χ1) is 15.3. The summed E-state index contributed by atoms with van der Waals surface area (Å²) in [5, 5.41) is 4.88. The summed E-state index contributed by atoms with van der Waals surface area (Å²) in [5.74, 6) is 0. The van der Waals surface area contributed by atoms with Gasteiger partial charge in [0.15, 0.2) is 0 Å². The van der Waals surface area contributed by atoms with Crippen LogP contribution in [0, 0.1) is 0 Å². The van der Waals surface area contributed by atoms with Gasteiger partial charge in [0, 0.05) is 26.4 Å². The first kappa shape index (κ1) is 24.2. The Labute approximate surface area is 204 Å². The fraction of sp³-hybridized carbons (Fsp3) is 0.240. The van der Waals surface area contributed by atoms with Gasteiger partial charge in [0.25, 0.3) is 0 Å². The lowest BCUT2D eigenvalue weighted by atomic mass is 10.0. The molecule has 168 valence electrons. The van der Waals surface area contributed by atoms with Gasteiger partial charge in [-0.3, -0.25) is 4.90 Å². The summed E-state index contributed by atoms with van der Waals surface area (Å²) in [6.07, 6.45) is 1.33. The van der Waals surface area contributed by atoms with Crippen LogP contribution in [0.3, 0.4) is 0 Å². The van der Waals surface area contributed by atoms with Crippen LogP contribution < -0.4 is 16.0 Å². The summed E-state index contributed by atoms with van der Waals surface area (Å²) in [5.41, 5.74) is 10.8. The third kappa shape index (κ3) is 5.15. The Kier molecular flexibility index (Phi) is 7.94. The van der Waals surface area contributed by atoms with Gasteiger partial charge >= 0.3 is 6.03 Å². The molecule has 0 aliphatic rings. The predicted molar refractivity (Wildman–Crippen MR) is 137 cm³/mol. The molecule has 0 saturated carbocycles. The number of nitrogen functional groups attached to an aromatic ring is 1. The van der Waals surface area contributed by atoms with E-state index in [9.17, 15) is 4.79 Å². The first-order valence-electron chi connectivity index (χ1n) is 10.5. The maximum absolute atomic E-state index is 13.7. The molecule has 32 heavy (non-hydrogen) atoms. The summed E-state index contributed by atoms with van der Waals surface area (Å²) in [6, 6.07) is 15.8. The largest absolute Gasteiger partial charge is 0.398 e. The van der Waals surface area contributed by atoms with E-state index < -0.39 is 0 Å². The molecule has 1 atom stereocenters. The highest BCUT2D eigenvalue weighted by molar-refractivity contribution is 6.32. The number of hydrogen-bond donors (Lipinski definition) is 2.